The molecule has 13 heavy (non-hydrogen) atoms. The van der Waals surface area contributed by atoms with Gasteiger partial charge in [0.05, 0.1) is 5.04 Å². The van der Waals surface area contributed by atoms with Gasteiger partial charge in [0.2, 0.25) is 0 Å². The number of aliphatic imine (C=N–C) groups is 1. The second-order valence-electron chi connectivity index (χ2n) is 3.29. The van der Waals surface area contributed by atoms with Crippen LogP contribution in [0.1, 0.15) is 18.9 Å². The zero-order chi connectivity index (χ0) is 9.10. The number of nitrogens with zero attached hydrogens (tertiary/aromatic N) is 1. The third kappa shape index (κ3) is 2.13. The molecule has 1 aliphatic heterocycles. The predicted molar refractivity (Wildman–Crippen MR) is 59.5 cm³/mol. The van der Waals surface area contributed by atoms with Gasteiger partial charge in [0.25, 0.3) is 0 Å². The smallest absolute Gasteiger partial charge is 0.0980 e. The van der Waals surface area contributed by atoms with Gasteiger partial charge in [-0.2, -0.15) is 0 Å². The molecule has 0 spiro atoms. The van der Waals surface area contributed by atoms with Gasteiger partial charge in [-0.25, -0.2) is 0 Å². The van der Waals surface area contributed by atoms with Gasteiger partial charge >= 0.3 is 0 Å². The Hall–Kier alpha value is -0.760. The first kappa shape index (κ1) is 8.82. The molecule has 2 heteroatoms. The Labute approximate surface area is 83.3 Å². The van der Waals surface area contributed by atoms with E-state index in [-0.39, 0.29) is 0 Å². The summed E-state index contributed by atoms with van der Waals surface area (Å²) in [7, 11) is 0. The van der Waals surface area contributed by atoms with Crippen molar-refractivity contribution < 1.29 is 0 Å². The summed E-state index contributed by atoms with van der Waals surface area (Å²) in [6, 6.07) is 10.9. The van der Waals surface area contributed by atoms with E-state index in [4.69, 9.17) is 0 Å². The molecule has 0 radical (unpaired) electrons. The molecule has 1 atom stereocenters. The van der Waals surface area contributed by atoms with Crippen molar-refractivity contribution in [2.75, 3.05) is 5.75 Å². The van der Waals surface area contributed by atoms with E-state index in [9.17, 15) is 0 Å². The second-order valence-corrected chi connectivity index (χ2v) is 4.37. The standard InChI is InChI=1S/C11H13NS/c1-9-7-8-13-11(12-9)10-5-3-2-4-6-10/h2-6,9H,7-8H2,1H3. The SMILES string of the molecule is CC1CCSC(c2ccccc2)=N1. The average Bonchev–Trinajstić information content (AvgIpc) is 2.19. The number of thioether (sulfide) groups is 1. The van der Waals surface area contributed by atoms with E-state index in [1.807, 2.05) is 17.8 Å². The minimum Gasteiger partial charge on any atom is -0.275 e. The zero-order valence-corrected chi connectivity index (χ0v) is 8.55. The normalized spacial score (nSPS) is 22.5. The Morgan fingerprint density at radius 2 is 2.08 bits per heavy atom. The first-order valence-corrected chi connectivity index (χ1v) is 5.61. The maximum Gasteiger partial charge on any atom is 0.0980 e. The quantitative estimate of drug-likeness (QED) is 0.664. The molecule has 1 aromatic carbocycles. The van der Waals surface area contributed by atoms with Crippen LogP contribution >= 0.6 is 11.8 Å². The summed E-state index contributed by atoms with van der Waals surface area (Å²) in [5, 5.41) is 1.21. The fourth-order valence-corrected chi connectivity index (χ4v) is 2.58. The molecule has 0 aliphatic carbocycles. The molecule has 0 bridgehead atoms. The van der Waals surface area contributed by atoms with E-state index < -0.39 is 0 Å². The first-order valence-electron chi connectivity index (χ1n) is 4.62. The van der Waals surface area contributed by atoms with Crippen LogP contribution in [0.5, 0.6) is 0 Å². The fourth-order valence-electron chi connectivity index (χ4n) is 1.37. The van der Waals surface area contributed by atoms with Crippen LogP contribution in [0.25, 0.3) is 0 Å². The Balaban J connectivity index is 2.26. The maximum absolute atomic E-state index is 4.63. The van der Waals surface area contributed by atoms with Gasteiger partial charge < -0.3 is 0 Å². The van der Waals surface area contributed by atoms with Gasteiger partial charge in [-0.1, -0.05) is 30.3 Å². The third-order valence-corrected chi connectivity index (χ3v) is 3.19. The summed E-state index contributed by atoms with van der Waals surface area (Å²) in [5.74, 6) is 1.20. The summed E-state index contributed by atoms with van der Waals surface area (Å²) in [5.41, 5.74) is 1.26. The summed E-state index contributed by atoms with van der Waals surface area (Å²) in [6.07, 6.45) is 1.21. The van der Waals surface area contributed by atoms with Crippen molar-refractivity contribution in [3.05, 3.63) is 35.9 Å². The summed E-state index contributed by atoms with van der Waals surface area (Å²) in [4.78, 5) is 4.63. The van der Waals surface area contributed by atoms with Gasteiger partial charge in [0.1, 0.15) is 0 Å². The molecule has 0 saturated heterocycles. The Kier molecular flexibility index (Phi) is 2.69. The first-order chi connectivity index (χ1) is 6.36. The van der Waals surface area contributed by atoms with Gasteiger partial charge in [-0.3, -0.25) is 4.99 Å². The Morgan fingerprint density at radius 3 is 2.77 bits per heavy atom. The van der Waals surface area contributed by atoms with Crippen LogP contribution in [0, 0.1) is 0 Å². The minimum atomic E-state index is 0.497. The van der Waals surface area contributed by atoms with Crippen molar-refractivity contribution in [3.63, 3.8) is 0 Å². The summed E-state index contributed by atoms with van der Waals surface area (Å²) >= 11 is 1.87. The predicted octanol–water partition coefficient (Wildman–Crippen LogP) is 2.96. The molecule has 68 valence electrons. The Bertz CT molecular complexity index is 305. The van der Waals surface area contributed by atoms with E-state index in [2.05, 4.69) is 36.2 Å². The molecule has 2 rings (SSSR count). The highest BCUT2D eigenvalue weighted by Gasteiger charge is 2.12. The minimum absolute atomic E-state index is 0.497. The highest BCUT2D eigenvalue weighted by Crippen LogP contribution is 2.21. The molecule has 0 saturated carbocycles. The van der Waals surface area contributed by atoms with Gasteiger partial charge in [-0.05, 0) is 13.3 Å². The van der Waals surface area contributed by atoms with Crippen molar-refractivity contribution in [2.45, 2.75) is 19.4 Å². The van der Waals surface area contributed by atoms with Gasteiger partial charge in [0, 0.05) is 17.4 Å². The highest BCUT2D eigenvalue weighted by atomic mass is 32.2. The highest BCUT2D eigenvalue weighted by molar-refractivity contribution is 8.14. The van der Waals surface area contributed by atoms with E-state index in [1.165, 1.54) is 22.8 Å². The fraction of sp³-hybridized carbons (Fsp3) is 0.364. The third-order valence-electron chi connectivity index (χ3n) is 2.13. The van der Waals surface area contributed by atoms with Crippen LogP contribution in [0.3, 0.4) is 0 Å². The van der Waals surface area contributed by atoms with Gasteiger partial charge in [-0.15, -0.1) is 11.8 Å². The molecule has 1 aromatic rings. The number of hydrogen-bond acceptors (Lipinski definition) is 2. The van der Waals surface area contributed by atoms with Crippen LogP contribution in [0.2, 0.25) is 0 Å². The number of benzene rings is 1. The number of rotatable bonds is 1. The molecule has 1 aliphatic rings. The second kappa shape index (κ2) is 3.97. The van der Waals surface area contributed by atoms with Crippen molar-refractivity contribution >= 4 is 16.8 Å². The molecule has 0 aromatic heterocycles. The van der Waals surface area contributed by atoms with Gasteiger partial charge in [0.15, 0.2) is 0 Å². The lowest BCUT2D eigenvalue weighted by molar-refractivity contribution is 0.721. The van der Waals surface area contributed by atoms with Crippen molar-refractivity contribution in [1.82, 2.24) is 0 Å². The summed E-state index contributed by atoms with van der Waals surface area (Å²) in [6.45, 7) is 2.18. The number of hydrogen-bond donors (Lipinski definition) is 0. The van der Waals surface area contributed by atoms with E-state index in [0.29, 0.717) is 6.04 Å². The molecule has 0 amide bonds. The topological polar surface area (TPSA) is 12.4 Å². The van der Waals surface area contributed by atoms with Crippen molar-refractivity contribution in [1.29, 1.82) is 0 Å². The van der Waals surface area contributed by atoms with E-state index >= 15 is 0 Å². The van der Waals surface area contributed by atoms with E-state index in [0.717, 1.165) is 0 Å². The zero-order valence-electron chi connectivity index (χ0n) is 7.73. The van der Waals surface area contributed by atoms with Crippen LogP contribution in [-0.2, 0) is 0 Å². The molecular weight excluding hydrogens is 178 g/mol. The Morgan fingerprint density at radius 1 is 1.31 bits per heavy atom. The summed E-state index contributed by atoms with van der Waals surface area (Å²) < 4.78 is 0. The average molecular weight is 191 g/mol. The lowest BCUT2D eigenvalue weighted by atomic mass is 10.2. The lowest BCUT2D eigenvalue weighted by Gasteiger charge is -2.16. The largest absolute Gasteiger partial charge is 0.275 e. The molecular formula is C11H13NS. The molecule has 1 unspecified atom stereocenters. The van der Waals surface area contributed by atoms with Crippen LogP contribution < -0.4 is 0 Å². The van der Waals surface area contributed by atoms with E-state index in [1.54, 1.807) is 0 Å². The van der Waals surface area contributed by atoms with Crippen LogP contribution in [-0.4, -0.2) is 16.8 Å². The molecule has 1 heterocycles. The monoisotopic (exact) mass is 191 g/mol. The van der Waals surface area contributed by atoms with Crippen molar-refractivity contribution in [3.8, 4) is 0 Å². The molecule has 0 N–H and O–H groups in total. The maximum atomic E-state index is 4.63. The molecule has 1 nitrogen and oxygen atoms in total. The van der Waals surface area contributed by atoms with Crippen molar-refractivity contribution in [2.24, 2.45) is 4.99 Å². The molecule has 0 fully saturated rings. The van der Waals surface area contributed by atoms with Crippen LogP contribution in [0.15, 0.2) is 35.3 Å². The lowest BCUT2D eigenvalue weighted by Crippen LogP contribution is -2.11. The van der Waals surface area contributed by atoms with Crippen LogP contribution in [0.4, 0.5) is 0 Å².